The van der Waals surface area contributed by atoms with E-state index in [1.54, 1.807) is 0 Å². The Bertz CT molecular complexity index is 420. The van der Waals surface area contributed by atoms with Gasteiger partial charge in [0, 0.05) is 12.0 Å². The van der Waals surface area contributed by atoms with E-state index in [1.807, 2.05) is 30.3 Å². The molecule has 0 aromatic heterocycles. The normalized spacial score (nSPS) is 12.2. The van der Waals surface area contributed by atoms with Crippen LogP contribution >= 0.6 is 0 Å². The molecule has 0 heterocycles. The predicted molar refractivity (Wildman–Crippen MR) is 78.2 cm³/mol. The van der Waals surface area contributed by atoms with Crippen molar-refractivity contribution >= 4 is 5.91 Å². The highest BCUT2D eigenvalue weighted by Crippen LogP contribution is 2.22. The summed E-state index contributed by atoms with van der Waals surface area (Å²) in [4.78, 5) is 11.7. The molecule has 0 saturated heterocycles. The van der Waals surface area contributed by atoms with E-state index in [2.05, 4.69) is 26.0 Å². The first-order chi connectivity index (χ1) is 9.01. The van der Waals surface area contributed by atoms with Crippen LogP contribution in [-0.4, -0.2) is 37.6 Å². The quantitative estimate of drug-likeness (QED) is 0.362. The van der Waals surface area contributed by atoms with Crippen molar-refractivity contribution in [1.29, 1.82) is 0 Å². The van der Waals surface area contributed by atoms with E-state index in [9.17, 15) is 4.79 Å². The zero-order chi connectivity index (χ0) is 14.3. The minimum atomic E-state index is -0.159. The molecule has 1 amide bonds. The number of hydrogen-bond acceptors (Lipinski definition) is 2. The van der Waals surface area contributed by atoms with E-state index >= 15 is 0 Å². The second-order valence-electron chi connectivity index (χ2n) is 5.17. The van der Waals surface area contributed by atoms with Gasteiger partial charge in [-0.05, 0) is 12.6 Å². The van der Waals surface area contributed by atoms with Crippen LogP contribution in [0.25, 0.3) is 0 Å². The van der Waals surface area contributed by atoms with Gasteiger partial charge >= 0.3 is 0 Å². The number of rotatable bonds is 7. The Morgan fingerprint density at radius 1 is 1.40 bits per heavy atom. The molecule has 3 N–H and O–H groups in total. The Kier molecular flexibility index (Phi) is 8.15. The summed E-state index contributed by atoms with van der Waals surface area (Å²) in [5.41, 5.74) is 6.67. The van der Waals surface area contributed by atoms with Crippen LogP contribution in [0.15, 0.2) is 43.0 Å². The van der Waals surface area contributed by atoms with E-state index < -0.39 is 0 Å². The number of nitrogens with zero attached hydrogens (tertiary/aromatic N) is 1. The second kappa shape index (κ2) is 8.74. The van der Waals surface area contributed by atoms with Gasteiger partial charge in [-0.2, -0.15) is 0 Å². The second-order valence-corrected chi connectivity index (χ2v) is 5.17. The van der Waals surface area contributed by atoms with Crippen molar-refractivity contribution < 1.29 is 21.7 Å². The number of quaternary nitrogens is 1. The number of carbonyl (C=O) groups is 1. The minimum absolute atomic E-state index is 0. The number of halogens is 1. The molecular weight excluding hydrogens is 274 g/mol. The highest BCUT2D eigenvalue weighted by Gasteiger charge is 2.30. The smallest absolute Gasteiger partial charge is 0.248 e. The predicted octanol–water partition coefficient (Wildman–Crippen LogP) is -1.58. The lowest BCUT2D eigenvalue weighted by atomic mass is 10.1. The molecule has 20 heavy (non-hydrogen) atoms. The number of nitrogens with two attached hydrogens (primary N) is 1. The van der Waals surface area contributed by atoms with Gasteiger partial charge in [0.2, 0.25) is 5.91 Å². The van der Waals surface area contributed by atoms with E-state index in [0.29, 0.717) is 11.0 Å². The Balaban J connectivity index is 0.00000361. The first-order valence-electron chi connectivity index (χ1n) is 6.52. The van der Waals surface area contributed by atoms with Crippen molar-refractivity contribution in [1.82, 2.24) is 5.32 Å². The van der Waals surface area contributed by atoms with Gasteiger partial charge in [-0.1, -0.05) is 36.9 Å². The van der Waals surface area contributed by atoms with E-state index in [-0.39, 0.29) is 24.5 Å². The molecule has 112 valence electrons. The van der Waals surface area contributed by atoms with Gasteiger partial charge in [-0.3, -0.25) is 10.1 Å². The van der Waals surface area contributed by atoms with Gasteiger partial charge in [-0.25, -0.2) is 0 Å². The zero-order valence-electron chi connectivity index (χ0n) is 12.2. The molecule has 0 fully saturated rings. The molecule has 0 saturated carbocycles. The Hall–Kier alpha value is -1.36. The number of amides is 1. The zero-order valence-corrected chi connectivity index (χ0v) is 12.9. The third-order valence-corrected chi connectivity index (χ3v) is 3.22. The fourth-order valence-electron chi connectivity index (χ4n) is 2.12. The SMILES string of the molecule is C=CC(=O)NC(c1ccccc1)[N+](C)(C)CCCN.[Cl-]. The summed E-state index contributed by atoms with van der Waals surface area (Å²) < 4.78 is 0.654. The van der Waals surface area contributed by atoms with Gasteiger partial charge in [0.15, 0.2) is 6.17 Å². The Morgan fingerprint density at radius 3 is 2.50 bits per heavy atom. The monoisotopic (exact) mass is 297 g/mol. The molecule has 0 aliphatic rings. The van der Waals surface area contributed by atoms with Crippen LogP contribution in [0.4, 0.5) is 0 Å². The number of hydrogen-bond donors (Lipinski definition) is 2. The van der Waals surface area contributed by atoms with Crippen LogP contribution in [0.3, 0.4) is 0 Å². The summed E-state index contributed by atoms with van der Waals surface area (Å²) in [7, 11) is 4.19. The molecule has 5 heteroatoms. The first-order valence-corrected chi connectivity index (χ1v) is 6.52. The lowest BCUT2D eigenvalue weighted by Crippen LogP contribution is -3.00. The summed E-state index contributed by atoms with van der Waals surface area (Å²) in [6.45, 7) is 5.06. The highest BCUT2D eigenvalue weighted by atomic mass is 35.5. The molecule has 1 unspecified atom stereocenters. The van der Waals surface area contributed by atoms with Crippen molar-refractivity contribution in [2.24, 2.45) is 5.73 Å². The van der Waals surface area contributed by atoms with E-state index in [4.69, 9.17) is 5.73 Å². The third-order valence-electron chi connectivity index (χ3n) is 3.22. The topological polar surface area (TPSA) is 55.1 Å². The van der Waals surface area contributed by atoms with Gasteiger partial charge in [-0.15, -0.1) is 0 Å². The molecule has 0 aliphatic carbocycles. The average molecular weight is 298 g/mol. The van der Waals surface area contributed by atoms with E-state index in [0.717, 1.165) is 18.5 Å². The summed E-state index contributed by atoms with van der Waals surface area (Å²) in [6, 6.07) is 9.97. The van der Waals surface area contributed by atoms with Crippen LogP contribution in [0.5, 0.6) is 0 Å². The van der Waals surface area contributed by atoms with Crippen LogP contribution in [0, 0.1) is 0 Å². The van der Waals surface area contributed by atoms with Crippen LogP contribution in [-0.2, 0) is 4.79 Å². The van der Waals surface area contributed by atoms with Crippen molar-refractivity contribution in [2.45, 2.75) is 12.6 Å². The minimum Gasteiger partial charge on any atom is -1.00 e. The molecule has 0 aliphatic heterocycles. The van der Waals surface area contributed by atoms with Crippen LogP contribution in [0.1, 0.15) is 18.2 Å². The average Bonchev–Trinajstić information content (AvgIpc) is 2.43. The number of carbonyl (C=O) groups excluding carboxylic acids is 1. The maximum atomic E-state index is 11.7. The maximum absolute atomic E-state index is 11.7. The Labute approximate surface area is 127 Å². The molecule has 1 rings (SSSR count). The fourth-order valence-corrected chi connectivity index (χ4v) is 2.12. The largest absolute Gasteiger partial charge is 1.00 e. The van der Waals surface area contributed by atoms with Crippen molar-refractivity contribution in [3.05, 3.63) is 48.6 Å². The molecule has 0 bridgehead atoms. The number of nitrogens with one attached hydrogen (secondary N) is 1. The summed E-state index contributed by atoms with van der Waals surface area (Å²) >= 11 is 0. The van der Waals surface area contributed by atoms with Gasteiger partial charge in [0.25, 0.3) is 0 Å². The lowest BCUT2D eigenvalue weighted by molar-refractivity contribution is -0.923. The van der Waals surface area contributed by atoms with Crippen LogP contribution in [0.2, 0.25) is 0 Å². The summed E-state index contributed by atoms with van der Waals surface area (Å²) in [6.07, 6.45) is 2.12. The molecule has 0 spiro atoms. The molecule has 1 atom stereocenters. The molecule has 1 aromatic rings. The summed E-state index contributed by atoms with van der Waals surface area (Å²) in [5, 5.41) is 3.01. The van der Waals surface area contributed by atoms with Gasteiger partial charge in [0.1, 0.15) is 0 Å². The highest BCUT2D eigenvalue weighted by molar-refractivity contribution is 5.87. The third kappa shape index (κ3) is 5.33. The first kappa shape index (κ1) is 18.6. The molecule has 1 aromatic carbocycles. The lowest BCUT2D eigenvalue weighted by Gasteiger charge is -2.38. The number of benzene rings is 1. The standard InChI is InChI=1S/C15H23N3O.ClH/c1-4-14(19)17-15(13-9-6-5-7-10-13)18(2,3)12-8-11-16;/h4-7,9-10,15H,1,8,11-12,16H2,2-3H3;1H. The van der Waals surface area contributed by atoms with Crippen LogP contribution < -0.4 is 23.5 Å². The van der Waals surface area contributed by atoms with Gasteiger partial charge in [0.05, 0.1) is 20.6 Å². The van der Waals surface area contributed by atoms with Crippen molar-refractivity contribution in [3.8, 4) is 0 Å². The fraction of sp³-hybridized carbons (Fsp3) is 0.400. The molecule has 0 radical (unpaired) electrons. The maximum Gasteiger partial charge on any atom is 0.248 e. The Morgan fingerprint density at radius 2 is 2.00 bits per heavy atom. The van der Waals surface area contributed by atoms with Crippen molar-refractivity contribution in [3.63, 3.8) is 0 Å². The molecular formula is C15H24ClN3O. The van der Waals surface area contributed by atoms with E-state index in [1.165, 1.54) is 6.08 Å². The molecule has 4 nitrogen and oxygen atoms in total. The summed E-state index contributed by atoms with van der Waals surface area (Å²) in [5.74, 6) is -0.159. The van der Waals surface area contributed by atoms with Crippen molar-refractivity contribution in [2.75, 3.05) is 27.2 Å². The van der Waals surface area contributed by atoms with Gasteiger partial charge < -0.3 is 22.6 Å².